The van der Waals surface area contributed by atoms with Crippen LogP contribution in [-0.4, -0.2) is 79.1 Å². The summed E-state index contributed by atoms with van der Waals surface area (Å²) in [5.74, 6) is 0.906. The summed E-state index contributed by atoms with van der Waals surface area (Å²) >= 11 is 0. The van der Waals surface area contributed by atoms with Crippen LogP contribution in [-0.2, 0) is 0 Å². The summed E-state index contributed by atoms with van der Waals surface area (Å²) in [6.07, 6.45) is 8.68. The van der Waals surface area contributed by atoms with Crippen LogP contribution in [0.25, 0.3) is 0 Å². The molecule has 2 bridgehead atoms. The fourth-order valence-electron chi connectivity index (χ4n) is 4.55. The highest BCUT2D eigenvalue weighted by molar-refractivity contribution is 5.74. The third-order valence-corrected chi connectivity index (χ3v) is 6.49. The van der Waals surface area contributed by atoms with E-state index in [4.69, 9.17) is 0 Å². The van der Waals surface area contributed by atoms with Crippen LogP contribution < -0.4 is 5.32 Å². The molecule has 3 aliphatic rings. The number of nitrogens with one attached hydrogen (secondary N) is 1. The molecule has 24 heavy (non-hydrogen) atoms. The summed E-state index contributed by atoms with van der Waals surface area (Å²) in [7, 11) is 2.23. The average molecular weight is 337 g/mol. The van der Waals surface area contributed by atoms with Crippen molar-refractivity contribution in [1.29, 1.82) is 0 Å². The maximum atomic E-state index is 12.4. The number of likely N-dealkylation sites (tertiary alicyclic amines) is 2. The molecule has 2 atom stereocenters. The lowest BCUT2D eigenvalue weighted by Gasteiger charge is -2.30. The Morgan fingerprint density at radius 2 is 1.75 bits per heavy atom. The van der Waals surface area contributed by atoms with E-state index in [1.54, 1.807) is 0 Å². The van der Waals surface area contributed by atoms with Crippen molar-refractivity contribution in [2.45, 2.75) is 64.0 Å². The van der Waals surface area contributed by atoms with Gasteiger partial charge in [0.05, 0.1) is 0 Å². The second-order valence-corrected chi connectivity index (χ2v) is 8.25. The number of amides is 2. The molecule has 0 aromatic rings. The number of rotatable bonds is 5. The minimum atomic E-state index is 0.155. The van der Waals surface area contributed by atoms with Crippen LogP contribution in [0.4, 0.5) is 4.79 Å². The topological polar surface area (TPSA) is 38.8 Å². The Hall–Kier alpha value is -0.810. The predicted octanol–water partition coefficient (Wildman–Crippen LogP) is 2.38. The first kappa shape index (κ1) is 18.0. The molecular weight excluding hydrogens is 300 g/mol. The first-order chi connectivity index (χ1) is 11.6. The summed E-state index contributed by atoms with van der Waals surface area (Å²) in [4.78, 5) is 19.5. The van der Waals surface area contributed by atoms with Gasteiger partial charge in [-0.3, -0.25) is 4.90 Å². The summed E-state index contributed by atoms with van der Waals surface area (Å²) in [5.41, 5.74) is 0. The Kier molecular flexibility index (Phi) is 6.39. The molecule has 0 aromatic heterocycles. The number of urea groups is 1. The zero-order valence-corrected chi connectivity index (χ0v) is 15.7. The van der Waals surface area contributed by atoms with Gasteiger partial charge in [0, 0.05) is 31.7 Å². The monoisotopic (exact) mass is 336 g/mol. The second-order valence-electron chi connectivity index (χ2n) is 8.25. The first-order valence-electron chi connectivity index (χ1n) is 10.1. The molecule has 2 amide bonds. The number of unbranched alkanes of at least 4 members (excludes halogenated alkanes) is 1. The van der Waals surface area contributed by atoms with Crippen molar-refractivity contribution in [2.75, 3.05) is 46.3 Å². The highest BCUT2D eigenvalue weighted by Gasteiger charge is 2.35. The highest BCUT2D eigenvalue weighted by atomic mass is 16.2. The van der Waals surface area contributed by atoms with Crippen molar-refractivity contribution in [3.63, 3.8) is 0 Å². The number of nitrogens with zero attached hydrogens (tertiary/aromatic N) is 3. The fraction of sp³-hybridized carbons (Fsp3) is 0.947. The lowest BCUT2D eigenvalue weighted by atomic mass is 9.99. The molecule has 5 heteroatoms. The minimum Gasteiger partial charge on any atom is -0.338 e. The number of hydrogen-bond acceptors (Lipinski definition) is 3. The molecule has 138 valence electrons. The first-order valence-corrected chi connectivity index (χ1v) is 10.1. The van der Waals surface area contributed by atoms with Crippen LogP contribution >= 0.6 is 0 Å². The molecular formula is C19H36N4O. The van der Waals surface area contributed by atoms with Crippen molar-refractivity contribution in [2.24, 2.45) is 5.92 Å². The fourth-order valence-corrected chi connectivity index (χ4v) is 4.55. The maximum Gasteiger partial charge on any atom is 0.317 e. The van der Waals surface area contributed by atoms with E-state index >= 15 is 0 Å². The quantitative estimate of drug-likeness (QED) is 0.784. The number of hydrogen-bond donors (Lipinski definition) is 1. The zero-order valence-electron chi connectivity index (χ0n) is 15.7. The molecule has 3 rings (SSSR count). The van der Waals surface area contributed by atoms with Gasteiger partial charge in [-0.05, 0) is 77.5 Å². The molecule has 0 radical (unpaired) electrons. The number of carbonyl (C=O) groups excluding carboxylic acids is 1. The summed E-state index contributed by atoms with van der Waals surface area (Å²) < 4.78 is 0. The van der Waals surface area contributed by atoms with E-state index in [1.807, 2.05) is 4.90 Å². The van der Waals surface area contributed by atoms with Crippen molar-refractivity contribution in [1.82, 2.24) is 20.0 Å². The van der Waals surface area contributed by atoms with Gasteiger partial charge in [0.2, 0.25) is 0 Å². The van der Waals surface area contributed by atoms with E-state index in [2.05, 4.69) is 29.1 Å². The molecule has 5 nitrogen and oxygen atoms in total. The van der Waals surface area contributed by atoms with Gasteiger partial charge >= 0.3 is 6.03 Å². The molecule has 3 saturated heterocycles. The van der Waals surface area contributed by atoms with Crippen LogP contribution in [0.5, 0.6) is 0 Å². The average Bonchev–Trinajstić information content (AvgIpc) is 2.81. The summed E-state index contributed by atoms with van der Waals surface area (Å²) in [6.45, 7) is 8.73. The van der Waals surface area contributed by atoms with Crippen molar-refractivity contribution < 1.29 is 4.79 Å². The molecule has 3 heterocycles. The van der Waals surface area contributed by atoms with Crippen LogP contribution in [0, 0.1) is 5.92 Å². The molecule has 3 aliphatic heterocycles. The van der Waals surface area contributed by atoms with Gasteiger partial charge in [0.1, 0.15) is 0 Å². The third-order valence-electron chi connectivity index (χ3n) is 6.49. The van der Waals surface area contributed by atoms with Crippen molar-refractivity contribution in [3.05, 3.63) is 0 Å². The normalized spacial score (nSPS) is 29.7. The largest absolute Gasteiger partial charge is 0.338 e. The smallest absolute Gasteiger partial charge is 0.317 e. The lowest BCUT2D eigenvalue weighted by Crippen LogP contribution is -2.45. The van der Waals surface area contributed by atoms with E-state index in [0.717, 1.165) is 38.4 Å². The van der Waals surface area contributed by atoms with Gasteiger partial charge in [-0.1, -0.05) is 6.92 Å². The van der Waals surface area contributed by atoms with Crippen LogP contribution in [0.3, 0.4) is 0 Å². The summed E-state index contributed by atoms with van der Waals surface area (Å²) in [5, 5.41) is 3.15. The Morgan fingerprint density at radius 1 is 1.00 bits per heavy atom. The number of piperidine rings is 1. The molecule has 0 spiro atoms. The Labute approximate surface area is 147 Å². The van der Waals surface area contributed by atoms with Crippen LogP contribution in [0.15, 0.2) is 0 Å². The van der Waals surface area contributed by atoms with E-state index in [-0.39, 0.29) is 6.03 Å². The van der Waals surface area contributed by atoms with Gasteiger partial charge < -0.3 is 15.1 Å². The maximum absolute atomic E-state index is 12.4. The number of likely N-dealkylation sites (N-methyl/N-ethyl adjacent to an activating group) is 1. The van der Waals surface area contributed by atoms with E-state index in [1.165, 1.54) is 51.7 Å². The molecule has 1 N–H and O–H groups in total. The Balaban J connectivity index is 1.29. The van der Waals surface area contributed by atoms with E-state index < -0.39 is 0 Å². The lowest BCUT2D eigenvalue weighted by molar-refractivity contribution is 0.184. The van der Waals surface area contributed by atoms with E-state index in [0.29, 0.717) is 12.1 Å². The number of carbonyl (C=O) groups is 1. The number of fused-ring (bicyclic) bond motifs is 2. The summed E-state index contributed by atoms with van der Waals surface area (Å²) in [6, 6.07) is 1.42. The standard InChI is InChI=1S/C19H36N4O/c1-16-7-12-22(13-8-16)11-4-3-10-20-19(24)23-14-9-17-5-6-18(15-23)21(17)2/h16-18H,3-15H2,1-2H3,(H,20,24)/t17-,18+/m1/s1. The second kappa shape index (κ2) is 8.52. The van der Waals surface area contributed by atoms with Gasteiger partial charge in [-0.2, -0.15) is 0 Å². The van der Waals surface area contributed by atoms with Crippen LogP contribution in [0.2, 0.25) is 0 Å². The SMILES string of the molecule is CC1CCN(CCCCNC(=O)N2CC[C@H]3CC[C@@H](C2)N3C)CC1. The predicted molar refractivity (Wildman–Crippen MR) is 98.2 cm³/mol. The van der Waals surface area contributed by atoms with Gasteiger partial charge in [0.25, 0.3) is 0 Å². The Morgan fingerprint density at radius 3 is 2.54 bits per heavy atom. The third kappa shape index (κ3) is 4.63. The van der Waals surface area contributed by atoms with Crippen LogP contribution in [0.1, 0.15) is 51.9 Å². The molecule has 0 aromatic carbocycles. The van der Waals surface area contributed by atoms with E-state index in [9.17, 15) is 4.79 Å². The van der Waals surface area contributed by atoms with Gasteiger partial charge in [0.15, 0.2) is 0 Å². The molecule has 0 unspecified atom stereocenters. The minimum absolute atomic E-state index is 0.155. The Bertz CT molecular complexity index is 408. The van der Waals surface area contributed by atoms with Gasteiger partial charge in [-0.15, -0.1) is 0 Å². The van der Waals surface area contributed by atoms with Crippen molar-refractivity contribution >= 4 is 6.03 Å². The molecule has 3 fully saturated rings. The molecule has 0 saturated carbocycles. The molecule has 0 aliphatic carbocycles. The van der Waals surface area contributed by atoms with Crippen molar-refractivity contribution in [3.8, 4) is 0 Å². The highest BCUT2D eigenvalue weighted by Crippen LogP contribution is 2.28. The van der Waals surface area contributed by atoms with Gasteiger partial charge in [-0.25, -0.2) is 4.79 Å². The zero-order chi connectivity index (χ0) is 16.9.